The highest BCUT2D eigenvalue weighted by Crippen LogP contribution is 2.32. The van der Waals surface area contributed by atoms with Crippen molar-refractivity contribution in [2.24, 2.45) is 0 Å². The summed E-state index contributed by atoms with van der Waals surface area (Å²) in [6, 6.07) is 27.4. The van der Waals surface area contributed by atoms with Crippen molar-refractivity contribution in [3.05, 3.63) is 124 Å². The van der Waals surface area contributed by atoms with E-state index in [1.807, 2.05) is 61.5 Å². The van der Waals surface area contributed by atoms with Gasteiger partial charge in [0, 0.05) is 24.0 Å². The van der Waals surface area contributed by atoms with Gasteiger partial charge >= 0.3 is 0 Å². The van der Waals surface area contributed by atoms with Gasteiger partial charge in [-0.1, -0.05) is 90.7 Å². The number of carbonyl (C=O) groups is 2. The molecule has 0 spiro atoms. The molecule has 1 N–H and O–H groups in total. The summed E-state index contributed by atoms with van der Waals surface area (Å²) in [7, 11) is -2.67. The number of nitrogens with one attached hydrogen (secondary N) is 1. The first-order valence-electron chi connectivity index (χ1n) is 16.2. The van der Waals surface area contributed by atoms with E-state index < -0.39 is 28.5 Å². The van der Waals surface area contributed by atoms with Crippen molar-refractivity contribution in [3.8, 4) is 5.75 Å². The van der Waals surface area contributed by atoms with Gasteiger partial charge in [0.05, 0.1) is 17.7 Å². The maximum atomic E-state index is 14.8. The summed E-state index contributed by atoms with van der Waals surface area (Å²) >= 11 is 6.49. The van der Waals surface area contributed by atoms with Gasteiger partial charge < -0.3 is 15.0 Å². The Morgan fingerprint density at radius 1 is 0.896 bits per heavy atom. The number of benzene rings is 4. The first-order valence-corrected chi connectivity index (χ1v) is 18.0. The molecule has 2 amide bonds. The van der Waals surface area contributed by atoms with Gasteiger partial charge in [0.1, 0.15) is 18.3 Å². The fourth-order valence-electron chi connectivity index (χ4n) is 6.11. The van der Waals surface area contributed by atoms with Crippen molar-refractivity contribution >= 4 is 39.1 Å². The number of ether oxygens (including phenoxy) is 1. The summed E-state index contributed by atoms with van der Waals surface area (Å²) in [6.07, 6.45) is 4.07. The topological polar surface area (TPSA) is 96.0 Å². The third-order valence-electron chi connectivity index (χ3n) is 8.86. The number of aryl methyl sites for hydroxylation is 1. The van der Waals surface area contributed by atoms with Crippen LogP contribution in [0, 0.1) is 13.8 Å². The lowest BCUT2D eigenvalue weighted by molar-refractivity contribution is -0.140. The molecule has 0 heterocycles. The van der Waals surface area contributed by atoms with Crippen molar-refractivity contribution in [2.45, 2.75) is 69.5 Å². The van der Waals surface area contributed by atoms with E-state index in [4.69, 9.17) is 16.3 Å². The number of rotatable bonds is 13. The van der Waals surface area contributed by atoms with Gasteiger partial charge in [-0.3, -0.25) is 13.9 Å². The number of sulfonamides is 1. The van der Waals surface area contributed by atoms with Crippen molar-refractivity contribution in [3.63, 3.8) is 0 Å². The van der Waals surface area contributed by atoms with Gasteiger partial charge in [-0.15, -0.1) is 0 Å². The Morgan fingerprint density at radius 2 is 1.56 bits per heavy atom. The molecule has 5 rings (SSSR count). The number of hydrogen-bond acceptors (Lipinski definition) is 5. The number of halogens is 1. The molecule has 4 aromatic rings. The van der Waals surface area contributed by atoms with Gasteiger partial charge in [-0.05, 0) is 79.8 Å². The number of carbonyl (C=O) groups excluding carboxylic acids is 2. The monoisotopic (exact) mass is 687 g/mol. The highest BCUT2D eigenvalue weighted by molar-refractivity contribution is 7.92. The summed E-state index contributed by atoms with van der Waals surface area (Å²) in [5.41, 5.74) is 3.32. The van der Waals surface area contributed by atoms with Crippen LogP contribution in [0.3, 0.4) is 0 Å². The Kier molecular flexibility index (Phi) is 11.4. The highest BCUT2D eigenvalue weighted by atomic mass is 35.5. The number of hydrogen-bond donors (Lipinski definition) is 1. The van der Waals surface area contributed by atoms with Crippen LogP contribution < -0.4 is 14.4 Å². The maximum Gasteiger partial charge on any atom is 0.264 e. The molecule has 0 saturated heterocycles. The van der Waals surface area contributed by atoms with Crippen LogP contribution in [0.2, 0.25) is 5.02 Å². The fraction of sp³-hybridized carbons (Fsp3) is 0.316. The first-order chi connectivity index (χ1) is 23.1. The van der Waals surface area contributed by atoms with Crippen LogP contribution in [0.4, 0.5) is 5.69 Å². The summed E-state index contributed by atoms with van der Waals surface area (Å²) in [5.74, 6) is -0.197. The summed E-state index contributed by atoms with van der Waals surface area (Å²) in [5, 5.41) is 3.57. The van der Waals surface area contributed by atoms with Crippen LogP contribution in [-0.4, -0.2) is 50.9 Å². The molecule has 0 aromatic heterocycles. The lowest BCUT2D eigenvalue weighted by Crippen LogP contribution is -2.54. The smallest absolute Gasteiger partial charge is 0.264 e. The zero-order valence-corrected chi connectivity index (χ0v) is 29.1. The van der Waals surface area contributed by atoms with E-state index in [9.17, 15) is 18.0 Å². The van der Waals surface area contributed by atoms with Crippen LogP contribution in [0.15, 0.2) is 102 Å². The van der Waals surface area contributed by atoms with Gasteiger partial charge in [0.2, 0.25) is 11.8 Å². The Labute approximate surface area is 288 Å². The minimum atomic E-state index is -4.24. The Balaban J connectivity index is 1.60. The molecule has 4 aromatic carbocycles. The number of nitrogens with zero attached hydrogens (tertiary/aromatic N) is 2. The third-order valence-corrected chi connectivity index (χ3v) is 11.0. The maximum absolute atomic E-state index is 14.8. The van der Waals surface area contributed by atoms with Crippen LogP contribution in [0.5, 0.6) is 5.75 Å². The van der Waals surface area contributed by atoms with Crippen LogP contribution in [-0.2, 0) is 32.6 Å². The van der Waals surface area contributed by atoms with Crippen molar-refractivity contribution in [1.29, 1.82) is 0 Å². The third kappa shape index (κ3) is 8.38. The van der Waals surface area contributed by atoms with E-state index in [0.29, 0.717) is 16.3 Å². The van der Waals surface area contributed by atoms with Crippen molar-refractivity contribution < 1.29 is 22.7 Å². The minimum Gasteiger partial charge on any atom is -0.497 e. The predicted molar refractivity (Wildman–Crippen MR) is 190 cm³/mol. The summed E-state index contributed by atoms with van der Waals surface area (Å²) < 4.78 is 35.3. The molecule has 0 unspecified atom stereocenters. The fourth-order valence-corrected chi connectivity index (χ4v) is 7.75. The van der Waals surface area contributed by atoms with Gasteiger partial charge in [-0.25, -0.2) is 8.42 Å². The second kappa shape index (κ2) is 15.7. The zero-order valence-electron chi connectivity index (χ0n) is 27.6. The van der Waals surface area contributed by atoms with Crippen LogP contribution in [0.1, 0.15) is 47.9 Å². The lowest BCUT2D eigenvalue weighted by atomic mass is 10.0. The number of methoxy groups -OCH3 is 1. The number of anilines is 1. The molecular formula is C38H42ClN3O5S. The molecular weight excluding hydrogens is 646 g/mol. The minimum absolute atomic E-state index is 0.0251. The lowest BCUT2D eigenvalue weighted by Gasteiger charge is -2.34. The largest absolute Gasteiger partial charge is 0.497 e. The number of amides is 2. The summed E-state index contributed by atoms with van der Waals surface area (Å²) in [4.78, 5) is 30.5. The van der Waals surface area contributed by atoms with Crippen LogP contribution in [0.25, 0.3) is 0 Å². The second-order valence-electron chi connectivity index (χ2n) is 12.3. The molecule has 1 aliphatic carbocycles. The Bertz CT molecular complexity index is 1830. The predicted octanol–water partition coefficient (Wildman–Crippen LogP) is 6.86. The molecule has 1 atom stereocenters. The molecule has 1 aliphatic rings. The molecule has 1 fully saturated rings. The van der Waals surface area contributed by atoms with Gasteiger partial charge in [0.25, 0.3) is 10.0 Å². The van der Waals surface area contributed by atoms with Crippen molar-refractivity contribution in [2.75, 3.05) is 18.0 Å². The average Bonchev–Trinajstić information content (AvgIpc) is 3.60. The Morgan fingerprint density at radius 3 is 2.25 bits per heavy atom. The standard InChI is InChI=1S/C38H42ClN3O5S/c1-27-19-21-33(22-20-27)48(45,46)42(35-18-10-17-34(39)28(35)2)26-37(43)41(25-30-13-9-16-32(23-30)47-3)36(24-29-11-5-4-6-12-29)38(44)40-31-14-7-8-15-31/h4-6,9-13,16-23,31,36H,7-8,14-15,24-26H2,1-3H3,(H,40,44)/t36-/m1/s1. The van der Waals surface area contributed by atoms with E-state index in [1.165, 1.54) is 17.0 Å². The van der Waals surface area contributed by atoms with E-state index >= 15 is 0 Å². The molecule has 0 radical (unpaired) electrons. The highest BCUT2D eigenvalue weighted by Gasteiger charge is 2.36. The summed E-state index contributed by atoms with van der Waals surface area (Å²) in [6.45, 7) is 3.10. The van der Waals surface area contributed by atoms with E-state index in [1.54, 1.807) is 44.4 Å². The van der Waals surface area contributed by atoms with E-state index in [2.05, 4.69) is 5.32 Å². The molecule has 252 valence electrons. The zero-order chi connectivity index (χ0) is 34.3. The van der Waals surface area contributed by atoms with Crippen LogP contribution >= 0.6 is 11.6 Å². The van der Waals surface area contributed by atoms with Gasteiger partial charge in [-0.2, -0.15) is 0 Å². The SMILES string of the molecule is COc1cccc(CN(C(=O)CN(c2cccc(Cl)c2C)S(=O)(=O)c2ccc(C)cc2)[C@H](Cc2ccccc2)C(=O)NC2CCCC2)c1. The normalized spacial score (nSPS) is 13.9. The molecule has 48 heavy (non-hydrogen) atoms. The molecule has 0 aliphatic heterocycles. The first kappa shape index (κ1) is 35.0. The van der Waals surface area contributed by atoms with Gasteiger partial charge in [0.15, 0.2) is 0 Å². The molecule has 8 nitrogen and oxygen atoms in total. The quantitative estimate of drug-likeness (QED) is 0.166. The van der Waals surface area contributed by atoms with E-state index in [0.717, 1.165) is 46.7 Å². The molecule has 0 bridgehead atoms. The Hall–Kier alpha value is -4.34. The molecule has 1 saturated carbocycles. The molecule has 10 heteroatoms. The van der Waals surface area contributed by atoms with E-state index in [-0.39, 0.29) is 35.5 Å². The van der Waals surface area contributed by atoms with Crippen molar-refractivity contribution in [1.82, 2.24) is 10.2 Å². The second-order valence-corrected chi connectivity index (χ2v) is 14.5. The average molecular weight is 688 g/mol.